The molecule has 0 aromatic carbocycles. The molecule has 0 aliphatic heterocycles. The second kappa shape index (κ2) is 4.93. The lowest BCUT2D eigenvalue weighted by Crippen LogP contribution is -2.08. The molecule has 2 heterocycles. The van der Waals surface area contributed by atoms with Gasteiger partial charge < -0.3 is 4.57 Å². The van der Waals surface area contributed by atoms with Crippen LogP contribution in [-0.2, 0) is 0 Å². The van der Waals surface area contributed by atoms with Gasteiger partial charge in [-0.05, 0) is 6.07 Å². The largest absolute Gasteiger partial charge is 0.305 e. The molecule has 5 heteroatoms. The van der Waals surface area contributed by atoms with Gasteiger partial charge in [-0.15, -0.1) is 11.3 Å². The Balaban J connectivity index is 2.19. The van der Waals surface area contributed by atoms with Crippen LogP contribution in [0.2, 0.25) is 0 Å². The fourth-order valence-corrected chi connectivity index (χ4v) is 2.42. The van der Waals surface area contributed by atoms with E-state index in [-0.39, 0.29) is 18.1 Å². The van der Waals surface area contributed by atoms with Crippen molar-refractivity contribution in [1.29, 1.82) is 5.26 Å². The number of rotatable bonds is 4. The minimum absolute atomic E-state index is 0.0305. The molecule has 86 valence electrons. The summed E-state index contributed by atoms with van der Waals surface area (Å²) < 4.78 is 1.85. The van der Waals surface area contributed by atoms with Crippen molar-refractivity contribution in [3.05, 3.63) is 35.0 Å². The van der Waals surface area contributed by atoms with E-state index in [9.17, 15) is 4.79 Å². The smallest absolute Gasteiger partial charge is 0.176 e. The van der Waals surface area contributed by atoms with Crippen LogP contribution in [0, 0.1) is 17.2 Å². The maximum atomic E-state index is 12.0. The molecule has 0 fully saturated rings. The van der Waals surface area contributed by atoms with Crippen LogP contribution in [-0.4, -0.2) is 15.3 Å². The average Bonchev–Trinajstić information content (AvgIpc) is 2.98. The summed E-state index contributed by atoms with van der Waals surface area (Å²) in [5.74, 6) is -0.211. The Morgan fingerprint density at radius 2 is 2.53 bits per heavy atom. The highest BCUT2D eigenvalue weighted by Crippen LogP contribution is 2.22. The molecule has 0 amide bonds. The molecule has 0 aliphatic rings. The normalized spacial score (nSPS) is 12.0. The average molecular weight is 245 g/mol. The van der Waals surface area contributed by atoms with Crippen LogP contribution in [0.15, 0.2) is 30.2 Å². The summed E-state index contributed by atoms with van der Waals surface area (Å²) in [6.07, 6.45) is 5.47. The second-order valence-corrected chi connectivity index (χ2v) is 4.68. The standard InChI is InChI=1S/C12H11N3OS/c1-9(2-3-13)12(16)11-6-10(7-17-11)15-5-4-14-8-15/h4-9H,2H2,1H3. The lowest BCUT2D eigenvalue weighted by Gasteiger charge is -2.02. The number of carbonyl (C=O) groups is 1. The summed E-state index contributed by atoms with van der Waals surface area (Å²) in [5.41, 5.74) is 0.931. The highest BCUT2D eigenvalue weighted by atomic mass is 32.1. The number of carbonyl (C=O) groups excluding carboxylic acids is 1. The first-order valence-corrected chi connectivity index (χ1v) is 6.08. The number of nitriles is 1. The first-order chi connectivity index (χ1) is 8.22. The molecule has 17 heavy (non-hydrogen) atoms. The van der Waals surface area contributed by atoms with E-state index in [0.717, 1.165) is 5.69 Å². The van der Waals surface area contributed by atoms with E-state index < -0.39 is 0 Å². The Kier molecular flexibility index (Phi) is 3.35. The molecular formula is C12H11N3OS. The van der Waals surface area contributed by atoms with Crippen LogP contribution in [0.25, 0.3) is 5.69 Å². The van der Waals surface area contributed by atoms with Crippen molar-refractivity contribution in [2.45, 2.75) is 13.3 Å². The van der Waals surface area contributed by atoms with Gasteiger partial charge in [0.25, 0.3) is 0 Å². The minimum Gasteiger partial charge on any atom is -0.305 e. The monoisotopic (exact) mass is 245 g/mol. The molecule has 0 spiro atoms. The van der Waals surface area contributed by atoms with Crippen LogP contribution >= 0.6 is 11.3 Å². The Morgan fingerprint density at radius 1 is 1.71 bits per heavy atom. The van der Waals surface area contributed by atoms with Gasteiger partial charge in [0.15, 0.2) is 5.78 Å². The van der Waals surface area contributed by atoms with E-state index in [1.807, 2.05) is 28.3 Å². The Morgan fingerprint density at radius 3 is 3.18 bits per heavy atom. The van der Waals surface area contributed by atoms with E-state index in [4.69, 9.17) is 5.26 Å². The Hall–Kier alpha value is -1.93. The predicted octanol–water partition coefficient (Wildman–Crippen LogP) is 2.67. The van der Waals surface area contributed by atoms with Gasteiger partial charge in [-0.3, -0.25) is 4.79 Å². The van der Waals surface area contributed by atoms with Crippen molar-refractivity contribution >= 4 is 17.1 Å². The van der Waals surface area contributed by atoms with Gasteiger partial charge in [-0.1, -0.05) is 6.92 Å². The summed E-state index contributed by atoms with van der Waals surface area (Å²) in [6, 6.07) is 3.86. The number of nitrogens with zero attached hydrogens (tertiary/aromatic N) is 3. The number of hydrogen-bond acceptors (Lipinski definition) is 4. The molecule has 0 N–H and O–H groups in total. The molecular weight excluding hydrogens is 234 g/mol. The number of Topliss-reactive ketones (excluding diaryl/α,β-unsaturated/α-hetero) is 1. The second-order valence-electron chi connectivity index (χ2n) is 3.77. The maximum Gasteiger partial charge on any atom is 0.176 e. The minimum atomic E-state index is -0.241. The van der Waals surface area contributed by atoms with Gasteiger partial charge in [-0.25, -0.2) is 4.98 Å². The third kappa shape index (κ3) is 2.43. The van der Waals surface area contributed by atoms with Crippen LogP contribution in [0.5, 0.6) is 0 Å². The molecule has 4 nitrogen and oxygen atoms in total. The lowest BCUT2D eigenvalue weighted by atomic mass is 10.0. The summed E-state index contributed by atoms with van der Waals surface area (Å²) in [7, 11) is 0. The number of imidazole rings is 1. The van der Waals surface area contributed by atoms with Crippen LogP contribution in [0.3, 0.4) is 0 Å². The van der Waals surface area contributed by atoms with E-state index >= 15 is 0 Å². The topological polar surface area (TPSA) is 58.7 Å². The first kappa shape index (κ1) is 11.6. The third-order valence-corrected chi connectivity index (χ3v) is 3.41. The summed E-state index contributed by atoms with van der Waals surface area (Å²) in [5, 5.41) is 10.5. The molecule has 0 saturated heterocycles. The van der Waals surface area contributed by atoms with Gasteiger partial charge in [0.05, 0.1) is 23.0 Å². The van der Waals surface area contributed by atoms with Crippen LogP contribution < -0.4 is 0 Å². The van der Waals surface area contributed by atoms with Crippen LogP contribution in [0.1, 0.15) is 23.0 Å². The highest BCUT2D eigenvalue weighted by Gasteiger charge is 2.17. The van der Waals surface area contributed by atoms with E-state index in [1.165, 1.54) is 11.3 Å². The Labute approximate surface area is 103 Å². The molecule has 0 bridgehead atoms. The molecule has 2 aromatic rings. The van der Waals surface area contributed by atoms with Crippen molar-refractivity contribution in [3.63, 3.8) is 0 Å². The molecule has 0 aliphatic carbocycles. The number of hydrogen-bond donors (Lipinski definition) is 0. The zero-order valence-corrected chi connectivity index (χ0v) is 10.1. The third-order valence-electron chi connectivity index (χ3n) is 2.48. The number of aromatic nitrogens is 2. The fourth-order valence-electron chi connectivity index (χ4n) is 1.48. The fraction of sp³-hybridized carbons (Fsp3) is 0.250. The van der Waals surface area contributed by atoms with E-state index in [2.05, 4.69) is 4.98 Å². The van der Waals surface area contributed by atoms with E-state index in [1.54, 1.807) is 19.4 Å². The summed E-state index contributed by atoms with van der Waals surface area (Å²) in [6.45, 7) is 1.78. The zero-order chi connectivity index (χ0) is 12.3. The molecule has 0 saturated carbocycles. The van der Waals surface area contributed by atoms with Gasteiger partial charge in [0.2, 0.25) is 0 Å². The summed E-state index contributed by atoms with van der Waals surface area (Å²) in [4.78, 5) is 16.6. The zero-order valence-electron chi connectivity index (χ0n) is 9.33. The van der Waals surface area contributed by atoms with Gasteiger partial charge >= 0.3 is 0 Å². The number of thiophene rings is 1. The van der Waals surface area contributed by atoms with Crippen molar-refractivity contribution in [3.8, 4) is 11.8 Å². The quantitative estimate of drug-likeness (QED) is 0.778. The van der Waals surface area contributed by atoms with Gasteiger partial charge in [0.1, 0.15) is 0 Å². The summed E-state index contributed by atoms with van der Waals surface area (Å²) >= 11 is 1.40. The molecule has 1 atom stereocenters. The molecule has 1 unspecified atom stereocenters. The van der Waals surface area contributed by atoms with Crippen LogP contribution in [0.4, 0.5) is 0 Å². The molecule has 0 radical (unpaired) electrons. The first-order valence-electron chi connectivity index (χ1n) is 5.20. The van der Waals surface area contributed by atoms with Crippen molar-refractivity contribution in [2.24, 2.45) is 5.92 Å². The maximum absolute atomic E-state index is 12.0. The van der Waals surface area contributed by atoms with Crippen molar-refractivity contribution in [2.75, 3.05) is 0 Å². The molecule has 2 aromatic heterocycles. The van der Waals surface area contributed by atoms with Gasteiger partial charge in [0, 0.05) is 30.1 Å². The number of ketones is 1. The van der Waals surface area contributed by atoms with Gasteiger partial charge in [-0.2, -0.15) is 5.26 Å². The highest BCUT2D eigenvalue weighted by molar-refractivity contribution is 7.12. The predicted molar refractivity (Wildman–Crippen MR) is 65.2 cm³/mol. The van der Waals surface area contributed by atoms with Crippen molar-refractivity contribution in [1.82, 2.24) is 9.55 Å². The van der Waals surface area contributed by atoms with E-state index in [0.29, 0.717) is 4.88 Å². The lowest BCUT2D eigenvalue weighted by molar-refractivity contribution is 0.0936. The van der Waals surface area contributed by atoms with Crippen molar-refractivity contribution < 1.29 is 4.79 Å². The molecule has 2 rings (SSSR count). The Bertz CT molecular complexity index is 551. The SMILES string of the molecule is CC(CC#N)C(=O)c1cc(-n2ccnc2)cs1.